The first kappa shape index (κ1) is 14.5. The van der Waals surface area contributed by atoms with Gasteiger partial charge in [0.05, 0.1) is 27.3 Å². The third kappa shape index (κ3) is 5.08. The lowest BCUT2D eigenvalue weighted by Crippen LogP contribution is -2.03. The largest absolute Gasteiger partial charge is 0.373 e. The van der Waals surface area contributed by atoms with Gasteiger partial charge in [0.25, 0.3) is 0 Å². The van der Waals surface area contributed by atoms with Crippen molar-refractivity contribution in [3.05, 3.63) is 27.2 Å². The Balaban J connectivity index is 2.70. The van der Waals surface area contributed by atoms with Crippen molar-refractivity contribution in [2.75, 3.05) is 11.9 Å². The van der Waals surface area contributed by atoms with Crippen LogP contribution in [0.5, 0.6) is 0 Å². The van der Waals surface area contributed by atoms with E-state index in [4.69, 9.17) is 34.8 Å². The van der Waals surface area contributed by atoms with Crippen molar-refractivity contribution in [2.24, 2.45) is 5.41 Å². The second kappa shape index (κ2) is 5.87. The van der Waals surface area contributed by atoms with Crippen LogP contribution >= 0.6 is 34.8 Å². The summed E-state index contributed by atoms with van der Waals surface area (Å²) in [6.45, 7) is 6.71. The molecular formula is C13H14Cl3N. The SMILES string of the molecule is CC(C)(C)C#CCNc1cc(Cl)c(Cl)cc1Cl. The average Bonchev–Trinajstić information content (AvgIpc) is 2.18. The van der Waals surface area contributed by atoms with Gasteiger partial charge >= 0.3 is 0 Å². The number of hydrogen-bond acceptors (Lipinski definition) is 1. The minimum absolute atomic E-state index is 0.00309. The molecule has 0 radical (unpaired) electrons. The number of hydrogen-bond donors (Lipinski definition) is 1. The zero-order valence-electron chi connectivity index (χ0n) is 10.00. The molecule has 0 heterocycles. The van der Waals surface area contributed by atoms with Crippen LogP contribution in [0.25, 0.3) is 0 Å². The highest BCUT2D eigenvalue weighted by Gasteiger charge is 2.05. The lowest BCUT2D eigenvalue weighted by Gasteiger charge is -2.09. The summed E-state index contributed by atoms with van der Waals surface area (Å²) in [5.41, 5.74) is 0.743. The van der Waals surface area contributed by atoms with Crippen molar-refractivity contribution in [1.82, 2.24) is 0 Å². The lowest BCUT2D eigenvalue weighted by atomic mass is 9.98. The first-order valence-electron chi connectivity index (χ1n) is 5.18. The standard InChI is InChI=1S/C13H14Cl3N/c1-13(2,3)5-4-6-17-12-8-10(15)9(14)7-11(12)16/h7-8,17H,6H2,1-3H3. The van der Waals surface area contributed by atoms with Gasteiger partial charge in [-0.05, 0) is 32.9 Å². The zero-order valence-corrected chi connectivity index (χ0v) is 12.3. The molecule has 0 aliphatic carbocycles. The van der Waals surface area contributed by atoms with Crippen molar-refractivity contribution in [3.8, 4) is 11.8 Å². The molecule has 0 atom stereocenters. The zero-order chi connectivity index (χ0) is 13.1. The van der Waals surface area contributed by atoms with Gasteiger partial charge in [-0.1, -0.05) is 46.6 Å². The van der Waals surface area contributed by atoms with E-state index < -0.39 is 0 Å². The van der Waals surface area contributed by atoms with Gasteiger partial charge in [-0.3, -0.25) is 0 Å². The van der Waals surface area contributed by atoms with Crippen LogP contribution in [0.4, 0.5) is 5.69 Å². The van der Waals surface area contributed by atoms with Gasteiger partial charge in [-0.2, -0.15) is 0 Å². The van der Waals surface area contributed by atoms with Crippen molar-refractivity contribution >= 4 is 40.5 Å². The van der Waals surface area contributed by atoms with Gasteiger partial charge in [0.15, 0.2) is 0 Å². The fraction of sp³-hybridized carbons (Fsp3) is 0.385. The summed E-state index contributed by atoms with van der Waals surface area (Å²) < 4.78 is 0. The Bertz CT molecular complexity index is 464. The van der Waals surface area contributed by atoms with Crippen LogP contribution in [0.15, 0.2) is 12.1 Å². The summed E-state index contributed by atoms with van der Waals surface area (Å²) in [6.07, 6.45) is 0. The molecule has 1 aromatic carbocycles. The summed E-state index contributed by atoms with van der Waals surface area (Å²) in [7, 11) is 0. The molecule has 17 heavy (non-hydrogen) atoms. The van der Waals surface area contributed by atoms with Crippen LogP contribution in [-0.4, -0.2) is 6.54 Å². The van der Waals surface area contributed by atoms with Crippen LogP contribution in [0.3, 0.4) is 0 Å². The Kier molecular flexibility index (Phi) is 5.01. The molecule has 1 nitrogen and oxygen atoms in total. The molecule has 0 aliphatic rings. The molecular weight excluding hydrogens is 277 g/mol. The number of halogens is 3. The van der Waals surface area contributed by atoms with E-state index in [0.717, 1.165) is 5.69 Å². The van der Waals surface area contributed by atoms with E-state index in [1.807, 2.05) is 0 Å². The molecule has 0 aliphatic heterocycles. The van der Waals surface area contributed by atoms with Gasteiger partial charge in [-0.15, -0.1) is 0 Å². The molecule has 0 saturated heterocycles. The molecule has 92 valence electrons. The summed E-state index contributed by atoms with van der Waals surface area (Å²) in [4.78, 5) is 0. The highest BCUT2D eigenvalue weighted by Crippen LogP contribution is 2.31. The fourth-order valence-corrected chi connectivity index (χ4v) is 1.72. The van der Waals surface area contributed by atoms with Gasteiger partial charge < -0.3 is 5.32 Å². The number of nitrogens with one attached hydrogen (secondary N) is 1. The summed E-state index contributed by atoms with van der Waals surface area (Å²) in [6, 6.07) is 3.32. The Morgan fingerprint density at radius 1 is 1.06 bits per heavy atom. The molecule has 0 saturated carbocycles. The normalized spacial score (nSPS) is 10.7. The molecule has 0 bridgehead atoms. The van der Waals surface area contributed by atoms with Crippen LogP contribution in [0.1, 0.15) is 20.8 Å². The molecule has 1 aromatic rings. The molecule has 0 spiro atoms. The van der Waals surface area contributed by atoms with Crippen LogP contribution in [0, 0.1) is 17.3 Å². The van der Waals surface area contributed by atoms with Crippen LogP contribution in [-0.2, 0) is 0 Å². The Morgan fingerprint density at radius 3 is 2.24 bits per heavy atom. The van der Waals surface area contributed by atoms with Crippen molar-refractivity contribution in [2.45, 2.75) is 20.8 Å². The minimum atomic E-state index is 0.00309. The van der Waals surface area contributed by atoms with Crippen molar-refractivity contribution < 1.29 is 0 Å². The number of benzene rings is 1. The predicted octanol–water partition coefficient (Wildman–Crippen LogP) is 5.11. The predicted molar refractivity (Wildman–Crippen MR) is 77.2 cm³/mol. The average molecular weight is 291 g/mol. The Labute approximate surface area is 117 Å². The topological polar surface area (TPSA) is 12.0 Å². The van der Waals surface area contributed by atoms with Gasteiger partial charge in [-0.25, -0.2) is 0 Å². The maximum atomic E-state index is 6.02. The lowest BCUT2D eigenvalue weighted by molar-refractivity contribution is 0.570. The van der Waals surface area contributed by atoms with Crippen LogP contribution in [0.2, 0.25) is 15.1 Å². The minimum Gasteiger partial charge on any atom is -0.373 e. The third-order valence-corrected chi connectivity index (χ3v) is 2.88. The Morgan fingerprint density at radius 2 is 1.65 bits per heavy atom. The van der Waals surface area contributed by atoms with Gasteiger partial charge in [0.2, 0.25) is 0 Å². The highest BCUT2D eigenvalue weighted by atomic mass is 35.5. The Hall–Kier alpha value is -0.550. The molecule has 1 N–H and O–H groups in total. The number of anilines is 1. The quantitative estimate of drug-likeness (QED) is 0.589. The van der Waals surface area contributed by atoms with Gasteiger partial charge in [0.1, 0.15) is 0 Å². The third-order valence-electron chi connectivity index (χ3n) is 1.84. The summed E-state index contributed by atoms with van der Waals surface area (Å²) in [5.74, 6) is 6.16. The molecule has 0 fully saturated rings. The van der Waals surface area contributed by atoms with E-state index in [1.54, 1.807) is 12.1 Å². The smallest absolute Gasteiger partial charge is 0.0766 e. The maximum Gasteiger partial charge on any atom is 0.0766 e. The maximum absolute atomic E-state index is 6.02. The van der Waals surface area contributed by atoms with Gasteiger partial charge in [0, 0.05) is 5.41 Å². The molecule has 1 rings (SSSR count). The van der Waals surface area contributed by atoms with E-state index in [1.165, 1.54) is 0 Å². The van der Waals surface area contributed by atoms with E-state index in [0.29, 0.717) is 21.6 Å². The first-order chi connectivity index (χ1) is 7.79. The van der Waals surface area contributed by atoms with E-state index in [-0.39, 0.29) is 5.41 Å². The van der Waals surface area contributed by atoms with E-state index in [9.17, 15) is 0 Å². The van der Waals surface area contributed by atoms with Crippen molar-refractivity contribution in [1.29, 1.82) is 0 Å². The van der Waals surface area contributed by atoms with E-state index >= 15 is 0 Å². The van der Waals surface area contributed by atoms with Crippen LogP contribution < -0.4 is 5.32 Å². The monoisotopic (exact) mass is 289 g/mol. The summed E-state index contributed by atoms with van der Waals surface area (Å²) >= 11 is 17.8. The highest BCUT2D eigenvalue weighted by molar-refractivity contribution is 6.44. The second-order valence-corrected chi connectivity index (χ2v) is 5.87. The summed E-state index contributed by atoms with van der Waals surface area (Å²) in [5, 5.41) is 4.57. The molecule has 0 unspecified atom stereocenters. The second-order valence-electron chi connectivity index (χ2n) is 4.65. The van der Waals surface area contributed by atoms with E-state index in [2.05, 4.69) is 37.9 Å². The first-order valence-corrected chi connectivity index (χ1v) is 6.31. The number of rotatable bonds is 2. The van der Waals surface area contributed by atoms with Crippen molar-refractivity contribution in [3.63, 3.8) is 0 Å². The molecule has 4 heteroatoms. The molecule has 0 aromatic heterocycles. The fourth-order valence-electron chi connectivity index (χ4n) is 1.11. The molecule has 0 amide bonds.